The van der Waals surface area contributed by atoms with Gasteiger partial charge in [0, 0.05) is 0 Å². The molecule has 0 aliphatic heterocycles. The van der Waals surface area contributed by atoms with Gasteiger partial charge in [-0.3, -0.25) is 0 Å². The lowest BCUT2D eigenvalue weighted by Gasteiger charge is -2.37. The zero-order valence-electron chi connectivity index (χ0n) is 6.94. The Morgan fingerprint density at radius 1 is 0.818 bits per heavy atom. The van der Waals surface area contributed by atoms with Gasteiger partial charge in [-0.15, -0.1) is 0 Å². The summed E-state index contributed by atoms with van der Waals surface area (Å²) in [7, 11) is 0. The summed E-state index contributed by atoms with van der Waals surface area (Å²) in [6, 6.07) is 0. The van der Waals surface area contributed by atoms with Gasteiger partial charge in [0.1, 0.15) is 6.10 Å². The average Bonchev–Trinajstić information content (AvgIpc) is 1.97. The van der Waals surface area contributed by atoms with Crippen LogP contribution in [-0.2, 0) is 0 Å². The second-order valence-corrected chi connectivity index (χ2v) is 3.66. The molecule has 0 heterocycles. The van der Waals surface area contributed by atoms with Crippen molar-refractivity contribution < 1.29 is 15.3 Å². The number of rotatable bonds is 0. The van der Waals surface area contributed by atoms with Crippen molar-refractivity contribution in [3.05, 3.63) is 0 Å². The molecule has 3 N–H and O–H groups in total. The van der Waals surface area contributed by atoms with Crippen molar-refractivity contribution in [2.75, 3.05) is 0 Å². The van der Waals surface area contributed by atoms with Gasteiger partial charge in [0.15, 0.2) is 0 Å². The average molecular weight is 160 g/mol. The van der Waals surface area contributed by atoms with Crippen LogP contribution in [0.4, 0.5) is 0 Å². The first kappa shape index (κ1) is 8.97. The van der Waals surface area contributed by atoms with Crippen LogP contribution in [0.1, 0.15) is 20.3 Å². The molecule has 0 aromatic heterocycles. The Labute approximate surface area is 66.7 Å². The molecule has 0 spiro atoms. The maximum Gasteiger partial charge on any atom is 0.106 e. The van der Waals surface area contributed by atoms with Crippen LogP contribution in [0.2, 0.25) is 0 Å². The Kier molecular flexibility index (Phi) is 2.52. The van der Waals surface area contributed by atoms with Crippen LogP contribution in [0.15, 0.2) is 0 Å². The molecule has 3 heteroatoms. The summed E-state index contributed by atoms with van der Waals surface area (Å²) < 4.78 is 0. The van der Waals surface area contributed by atoms with E-state index >= 15 is 0 Å². The lowest BCUT2D eigenvalue weighted by Crippen LogP contribution is -2.49. The largest absolute Gasteiger partial charge is 0.390 e. The fraction of sp³-hybridized carbons (Fsp3) is 1.00. The minimum absolute atomic E-state index is 0.0865. The number of aliphatic hydroxyl groups excluding tert-OH is 3. The molecule has 5 atom stereocenters. The summed E-state index contributed by atoms with van der Waals surface area (Å²) in [4.78, 5) is 0. The lowest BCUT2D eigenvalue weighted by atomic mass is 9.77. The van der Waals surface area contributed by atoms with Gasteiger partial charge in [0.05, 0.1) is 12.2 Å². The second kappa shape index (κ2) is 3.09. The van der Waals surface area contributed by atoms with Crippen molar-refractivity contribution >= 4 is 0 Å². The molecule has 1 rings (SSSR count). The van der Waals surface area contributed by atoms with E-state index in [1.165, 1.54) is 0 Å². The molecule has 66 valence electrons. The van der Waals surface area contributed by atoms with E-state index in [1.54, 1.807) is 0 Å². The Morgan fingerprint density at radius 2 is 1.18 bits per heavy atom. The first-order chi connectivity index (χ1) is 5.04. The molecule has 0 saturated heterocycles. The highest BCUT2D eigenvalue weighted by Gasteiger charge is 2.38. The predicted molar refractivity (Wildman–Crippen MR) is 41.0 cm³/mol. The minimum Gasteiger partial charge on any atom is -0.390 e. The third kappa shape index (κ3) is 1.55. The highest BCUT2D eigenvalue weighted by Crippen LogP contribution is 2.29. The van der Waals surface area contributed by atoms with E-state index in [1.807, 2.05) is 13.8 Å². The monoisotopic (exact) mass is 160 g/mol. The highest BCUT2D eigenvalue weighted by atomic mass is 16.4. The number of hydrogen-bond acceptors (Lipinski definition) is 3. The molecule has 0 amide bonds. The fourth-order valence-electron chi connectivity index (χ4n) is 1.74. The van der Waals surface area contributed by atoms with Crippen LogP contribution in [0, 0.1) is 11.8 Å². The molecular weight excluding hydrogens is 144 g/mol. The predicted octanol–water partition coefficient (Wildman–Crippen LogP) is -0.255. The van der Waals surface area contributed by atoms with Gasteiger partial charge in [-0.05, 0) is 18.3 Å². The van der Waals surface area contributed by atoms with Crippen LogP contribution >= 0.6 is 0 Å². The van der Waals surface area contributed by atoms with Crippen LogP contribution in [-0.4, -0.2) is 33.6 Å². The van der Waals surface area contributed by atoms with Crippen LogP contribution < -0.4 is 0 Å². The molecule has 1 fully saturated rings. The Bertz CT molecular complexity index is 123. The van der Waals surface area contributed by atoms with E-state index in [-0.39, 0.29) is 11.8 Å². The standard InChI is InChI=1S/C8H16O3/c1-4-3-5(2)7(10)8(11)6(4)9/h4-11H,3H2,1-2H3/t4-,5?,6?,7-,8?/m0/s1. The molecule has 3 nitrogen and oxygen atoms in total. The summed E-state index contributed by atoms with van der Waals surface area (Å²) in [6.45, 7) is 3.77. The van der Waals surface area contributed by atoms with Gasteiger partial charge in [-0.2, -0.15) is 0 Å². The molecule has 1 aliphatic carbocycles. The quantitative estimate of drug-likeness (QED) is 0.458. The van der Waals surface area contributed by atoms with E-state index in [2.05, 4.69) is 0 Å². The van der Waals surface area contributed by atoms with Crippen molar-refractivity contribution in [2.45, 2.75) is 38.6 Å². The molecule has 1 aliphatic rings. The fourth-order valence-corrected chi connectivity index (χ4v) is 1.74. The van der Waals surface area contributed by atoms with Crippen molar-refractivity contribution in [3.63, 3.8) is 0 Å². The number of aliphatic hydroxyl groups is 3. The zero-order valence-corrected chi connectivity index (χ0v) is 6.94. The first-order valence-corrected chi connectivity index (χ1v) is 4.08. The normalized spacial score (nSPS) is 52.6. The van der Waals surface area contributed by atoms with Crippen molar-refractivity contribution in [2.24, 2.45) is 11.8 Å². The first-order valence-electron chi connectivity index (χ1n) is 4.08. The van der Waals surface area contributed by atoms with Crippen molar-refractivity contribution in [1.29, 1.82) is 0 Å². The lowest BCUT2D eigenvalue weighted by molar-refractivity contribution is -0.127. The second-order valence-electron chi connectivity index (χ2n) is 3.66. The van der Waals surface area contributed by atoms with Crippen LogP contribution in [0.25, 0.3) is 0 Å². The molecule has 11 heavy (non-hydrogen) atoms. The summed E-state index contributed by atoms with van der Waals surface area (Å²) in [5, 5.41) is 27.9. The van der Waals surface area contributed by atoms with Gasteiger partial charge in [0.2, 0.25) is 0 Å². The summed E-state index contributed by atoms with van der Waals surface area (Å²) in [6.07, 6.45) is -1.71. The van der Waals surface area contributed by atoms with Gasteiger partial charge in [-0.1, -0.05) is 13.8 Å². The topological polar surface area (TPSA) is 60.7 Å². The molecular formula is C8H16O3. The molecule has 0 aromatic rings. The molecule has 1 saturated carbocycles. The number of hydrogen-bond donors (Lipinski definition) is 3. The van der Waals surface area contributed by atoms with Crippen molar-refractivity contribution in [1.82, 2.24) is 0 Å². The van der Waals surface area contributed by atoms with E-state index in [0.717, 1.165) is 6.42 Å². The Hall–Kier alpha value is -0.120. The van der Waals surface area contributed by atoms with E-state index in [0.29, 0.717) is 0 Å². The molecule has 0 bridgehead atoms. The van der Waals surface area contributed by atoms with Gasteiger partial charge < -0.3 is 15.3 Å². The van der Waals surface area contributed by atoms with E-state index in [4.69, 9.17) is 0 Å². The van der Waals surface area contributed by atoms with Gasteiger partial charge >= 0.3 is 0 Å². The Balaban J connectivity index is 2.63. The molecule has 0 aromatic carbocycles. The summed E-state index contributed by atoms with van der Waals surface area (Å²) in [5.74, 6) is 0.173. The SMILES string of the molecule is CC1C[C@H](C)C(O)C(O)[C@H]1O. The summed E-state index contributed by atoms with van der Waals surface area (Å²) >= 11 is 0. The molecule has 0 radical (unpaired) electrons. The maximum absolute atomic E-state index is 9.32. The zero-order chi connectivity index (χ0) is 8.59. The van der Waals surface area contributed by atoms with Gasteiger partial charge in [0.25, 0.3) is 0 Å². The van der Waals surface area contributed by atoms with Crippen LogP contribution in [0.5, 0.6) is 0 Å². The van der Waals surface area contributed by atoms with Crippen LogP contribution in [0.3, 0.4) is 0 Å². The third-order valence-electron chi connectivity index (χ3n) is 2.61. The molecule has 3 unspecified atom stereocenters. The summed E-state index contributed by atoms with van der Waals surface area (Å²) in [5.41, 5.74) is 0. The minimum atomic E-state index is -0.964. The van der Waals surface area contributed by atoms with E-state index < -0.39 is 18.3 Å². The Morgan fingerprint density at radius 3 is 1.55 bits per heavy atom. The highest BCUT2D eigenvalue weighted by molar-refractivity contribution is 4.88. The van der Waals surface area contributed by atoms with Crippen molar-refractivity contribution in [3.8, 4) is 0 Å². The smallest absolute Gasteiger partial charge is 0.106 e. The third-order valence-corrected chi connectivity index (χ3v) is 2.61. The van der Waals surface area contributed by atoms with Gasteiger partial charge in [-0.25, -0.2) is 0 Å². The van der Waals surface area contributed by atoms with E-state index in [9.17, 15) is 15.3 Å². The maximum atomic E-state index is 9.32.